The first-order chi connectivity index (χ1) is 8.27. The lowest BCUT2D eigenvalue weighted by Crippen LogP contribution is -2.25. The Hall–Kier alpha value is -1.71. The van der Waals surface area contributed by atoms with Crippen molar-refractivity contribution < 1.29 is 19.1 Å². The Labute approximate surface area is 107 Å². The van der Waals surface area contributed by atoms with E-state index in [4.69, 9.17) is 4.74 Å². The average molecular weight is 250 g/mol. The molecule has 18 heavy (non-hydrogen) atoms. The van der Waals surface area contributed by atoms with Crippen molar-refractivity contribution in [3.05, 3.63) is 22.3 Å². The second kappa shape index (κ2) is 5.29. The number of hydrogen-bond donors (Lipinski definition) is 0. The van der Waals surface area contributed by atoms with Crippen LogP contribution in [-0.2, 0) is 19.1 Å². The van der Waals surface area contributed by atoms with Crippen LogP contribution in [0.4, 0.5) is 0 Å². The van der Waals surface area contributed by atoms with Crippen molar-refractivity contribution in [1.29, 1.82) is 0 Å². The number of hydrogen-bond acceptors (Lipinski definition) is 4. The quantitative estimate of drug-likeness (QED) is 0.567. The second-order valence-electron chi connectivity index (χ2n) is 4.77. The van der Waals surface area contributed by atoms with Crippen LogP contribution >= 0.6 is 0 Å². The molecule has 0 spiro atoms. The van der Waals surface area contributed by atoms with E-state index in [-0.39, 0.29) is 35.6 Å². The highest BCUT2D eigenvalue weighted by atomic mass is 16.5. The molecule has 0 heterocycles. The van der Waals surface area contributed by atoms with Gasteiger partial charge in [0.1, 0.15) is 6.61 Å². The van der Waals surface area contributed by atoms with Gasteiger partial charge in [-0.2, -0.15) is 0 Å². The van der Waals surface area contributed by atoms with Gasteiger partial charge in [0.2, 0.25) is 0 Å². The molecule has 4 heteroatoms. The van der Waals surface area contributed by atoms with Gasteiger partial charge in [0.05, 0.1) is 5.92 Å². The molecule has 1 aliphatic rings. The van der Waals surface area contributed by atoms with Crippen molar-refractivity contribution in [1.82, 2.24) is 0 Å². The molecule has 0 fully saturated rings. The summed E-state index contributed by atoms with van der Waals surface area (Å²) in [5, 5.41) is 0. The predicted octanol–water partition coefficient (Wildman–Crippen LogP) is 1.99. The Morgan fingerprint density at radius 1 is 1.00 bits per heavy atom. The summed E-state index contributed by atoms with van der Waals surface area (Å²) in [6.07, 6.45) is 0. The Balaban J connectivity index is 2.92. The molecule has 98 valence electrons. The van der Waals surface area contributed by atoms with Gasteiger partial charge in [-0.1, -0.05) is 13.8 Å². The molecular weight excluding hydrogens is 232 g/mol. The van der Waals surface area contributed by atoms with Crippen molar-refractivity contribution in [3.8, 4) is 0 Å². The third-order valence-corrected chi connectivity index (χ3v) is 3.14. The smallest absolute Gasteiger partial charge is 0.308 e. The minimum Gasteiger partial charge on any atom is -0.460 e. The zero-order valence-electron chi connectivity index (χ0n) is 11.4. The van der Waals surface area contributed by atoms with E-state index in [9.17, 15) is 14.4 Å². The van der Waals surface area contributed by atoms with Crippen LogP contribution in [0.5, 0.6) is 0 Å². The van der Waals surface area contributed by atoms with E-state index >= 15 is 0 Å². The molecule has 0 aromatic heterocycles. The monoisotopic (exact) mass is 250 g/mol. The Kier molecular flexibility index (Phi) is 4.22. The number of carbonyl (C=O) groups excluding carboxylic acids is 3. The van der Waals surface area contributed by atoms with Gasteiger partial charge in [-0.25, -0.2) is 0 Å². The number of esters is 1. The number of allylic oxidation sites excluding steroid dienone is 3. The molecule has 0 unspecified atom stereocenters. The van der Waals surface area contributed by atoms with E-state index < -0.39 is 0 Å². The van der Waals surface area contributed by atoms with Crippen molar-refractivity contribution >= 4 is 17.5 Å². The van der Waals surface area contributed by atoms with E-state index in [0.717, 1.165) is 0 Å². The zero-order valence-corrected chi connectivity index (χ0v) is 11.4. The van der Waals surface area contributed by atoms with Gasteiger partial charge in [-0.15, -0.1) is 0 Å². The number of Topliss-reactive ketones (excluding diaryl/α,β-unsaturated/α-hetero) is 2. The van der Waals surface area contributed by atoms with E-state index in [1.54, 1.807) is 34.6 Å². The highest BCUT2D eigenvalue weighted by Crippen LogP contribution is 2.24. The topological polar surface area (TPSA) is 60.4 Å². The van der Waals surface area contributed by atoms with Gasteiger partial charge in [-0.3, -0.25) is 14.4 Å². The molecule has 0 atom stereocenters. The van der Waals surface area contributed by atoms with Crippen LogP contribution in [-0.4, -0.2) is 24.1 Å². The van der Waals surface area contributed by atoms with Crippen LogP contribution in [0.25, 0.3) is 0 Å². The fraction of sp³-hybridized carbons (Fsp3) is 0.500. The first kappa shape index (κ1) is 14.4. The second-order valence-corrected chi connectivity index (χ2v) is 4.77. The Morgan fingerprint density at radius 2 is 1.50 bits per heavy atom. The first-order valence-electron chi connectivity index (χ1n) is 5.90. The number of ketones is 2. The third-order valence-electron chi connectivity index (χ3n) is 3.14. The van der Waals surface area contributed by atoms with E-state index in [1.807, 2.05) is 0 Å². The van der Waals surface area contributed by atoms with E-state index in [0.29, 0.717) is 16.7 Å². The van der Waals surface area contributed by atoms with Crippen LogP contribution in [0.2, 0.25) is 0 Å². The summed E-state index contributed by atoms with van der Waals surface area (Å²) in [7, 11) is 0. The summed E-state index contributed by atoms with van der Waals surface area (Å²) < 4.78 is 5.02. The van der Waals surface area contributed by atoms with Gasteiger partial charge in [0.25, 0.3) is 0 Å². The number of ether oxygens (including phenoxy) is 1. The molecule has 1 rings (SSSR count). The normalized spacial score (nSPS) is 16.8. The van der Waals surface area contributed by atoms with Crippen LogP contribution in [0.1, 0.15) is 34.6 Å². The van der Waals surface area contributed by atoms with Crippen molar-refractivity contribution in [2.24, 2.45) is 5.92 Å². The van der Waals surface area contributed by atoms with Crippen molar-refractivity contribution in [3.63, 3.8) is 0 Å². The van der Waals surface area contributed by atoms with E-state index in [1.165, 1.54) is 0 Å². The molecule has 4 nitrogen and oxygen atoms in total. The molecule has 0 aliphatic heterocycles. The lowest BCUT2D eigenvalue weighted by molar-refractivity contribution is -0.146. The van der Waals surface area contributed by atoms with Gasteiger partial charge in [0, 0.05) is 22.3 Å². The molecule has 0 saturated carbocycles. The minimum atomic E-state index is -0.375. The maximum absolute atomic E-state index is 12.0. The SMILES string of the molecule is CC1=C(C)C(=O)C(COC(=O)C(C)C)=C(C)C1=O. The van der Waals surface area contributed by atoms with Gasteiger partial charge >= 0.3 is 5.97 Å². The first-order valence-corrected chi connectivity index (χ1v) is 5.90. The Bertz CT molecular complexity index is 478. The molecule has 0 N–H and O–H groups in total. The molecule has 0 aromatic carbocycles. The summed E-state index contributed by atoms with van der Waals surface area (Å²) >= 11 is 0. The van der Waals surface area contributed by atoms with Gasteiger partial charge < -0.3 is 4.74 Å². The van der Waals surface area contributed by atoms with Crippen molar-refractivity contribution in [2.45, 2.75) is 34.6 Å². The molecule has 0 radical (unpaired) electrons. The summed E-state index contributed by atoms with van der Waals surface area (Å²) in [6.45, 7) is 8.15. The predicted molar refractivity (Wildman–Crippen MR) is 66.9 cm³/mol. The minimum absolute atomic E-state index is 0.127. The molecule has 0 aromatic rings. The number of rotatable bonds is 3. The fourth-order valence-corrected chi connectivity index (χ4v) is 1.64. The highest BCUT2D eigenvalue weighted by molar-refractivity contribution is 6.24. The molecular formula is C14H18O4. The fourth-order valence-electron chi connectivity index (χ4n) is 1.64. The molecule has 0 bridgehead atoms. The summed E-state index contributed by atoms with van der Waals surface area (Å²) in [4.78, 5) is 35.2. The largest absolute Gasteiger partial charge is 0.460 e. The van der Waals surface area contributed by atoms with Gasteiger partial charge in [-0.05, 0) is 20.8 Å². The highest BCUT2D eigenvalue weighted by Gasteiger charge is 2.28. The Morgan fingerprint density at radius 3 is 2.00 bits per heavy atom. The summed E-state index contributed by atoms with van der Waals surface area (Å²) in [6, 6.07) is 0. The summed E-state index contributed by atoms with van der Waals surface area (Å²) in [5.41, 5.74) is 1.56. The van der Waals surface area contributed by atoms with Crippen LogP contribution in [0, 0.1) is 5.92 Å². The lowest BCUT2D eigenvalue weighted by Gasteiger charge is -2.18. The maximum atomic E-state index is 12.0. The molecule has 0 amide bonds. The summed E-state index contributed by atoms with van der Waals surface area (Å²) in [5.74, 6) is -0.984. The van der Waals surface area contributed by atoms with Crippen LogP contribution < -0.4 is 0 Å². The van der Waals surface area contributed by atoms with Gasteiger partial charge in [0.15, 0.2) is 11.6 Å². The molecule has 1 aliphatic carbocycles. The number of carbonyl (C=O) groups is 3. The maximum Gasteiger partial charge on any atom is 0.308 e. The zero-order chi connectivity index (χ0) is 14.0. The van der Waals surface area contributed by atoms with Crippen molar-refractivity contribution in [2.75, 3.05) is 6.61 Å². The standard InChI is InChI=1S/C14H18O4/c1-7(2)14(17)18-6-11-10(5)12(15)8(3)9(4)13(11)16/h7H,6H2,1-5H3. The lowest BCUT2D eigenvalue weighted by atomic mass is 9.86. The van der Waals surface area contributed by atoms with Crippen LogP contribution in [0.15, 0.2) is 22.3 Å². The average Bonchev–Trinajstić information content (AvgIpc) is 2.33. The molecule has 0 saturated heterocycles. The van der Waals surface area contributed by atoms with E-state index in [2.05, 4.69) is 0 Å². The third kappa shape index (κ3) is 2.58. The van der Waals surface area contributed by atoms with Crippen LogP contribution in [0.3, 0.4) is 0 Å².